The van der Waals surface area contributed by atoms with Crippen LogP contribution in [0.4, 0.5) is 11.4 Å². The highest BCUT2D eigenvalue weighted by atomic mass is 32.2. The van der Waals surface area contributed by atoms with E-state index in [4.69, 9.17) is 5.73 Å². The Morgan fingerprint density at radius 1 is 1.25 bits per heavy atom. The molecule has 1 fully saturated rings. The molecule has 1 amide bonds. The number of carbonyl (C=O) groups excluding carboxylic acids is 1. The van der Waals surface area contributed by atoms with Crippen molar-refractivity contribution in [1.29, 1.82) is 0 Å². The molecule has 110 valence electrons. The van der Waals surface area contributed by atoms with Gasteiger partial charge in [-0.15, -0.1) is 0 Å². The normalized spacial score (nSPS) is 17.1. The number of hydrogen-bond acceptors (Lipinski definition) is 4. The lowest BCUT2D eigenvalue weighted by Crippen LogP contribution is -2.47. The summed E-state index contributed by atoms with van der Waals surface area (Å²) in [5.74, 6) is -0.0601. The van der Waals surface area contributed by atoms with Gasteiger partial charge in [-0.3, -0.25) is 9.52 Å². The summed E-state index contributed by atoms with van der Waals surface area (Å²) < 4.78 is 24.5. The number of anilines is 2. The molecule has 0 radical (unpaired) electrons. The van der Waals surface area contributed by atoms with Gasteiger partial charge >= 0.3 is 0 Å². The second-order valence-electron chi connectivity index (χ2n) is 5.24. The van der Waals surface area contributed by atoms with Gasteiger partial charge in [-0.2, -0.15) is 0 Å². The van der Waals surface area contributed by atoms with Crippen LogP contribution in [0, 0.1) is 5.41 Å². The topological polar surface area (TPSA) is 101 Å². The first-order valence-electron chi connectivity index (χ1n) is 6.44. The fourth-order valence-electron chi connectivity index (χ4n) is 2.23. The minimum absolute atomic E-state index is 0.0601. The zero-order valence-electron chi connectivity index (χ0n) is 11.3. The number of rotatable bonds is 5. The molecule has 7 heteroatoms. The lowest BCUT2D eigenvalue weighted by atomic mass is 9.68. The van der Waals surface area contributed by atoms with E-state index in [1.807, 2.05) is 0 Å². The van der Waals surface area contributed by atoms with Gasteiger partial charge in [0.2, 0.25) is 15.9 Å². The predicted molar refractivity (Wildman–Crippen MR) is 78.9 cm³/mol. The van der Waals surface area contributed by atoms with Crippen LogP contribution in [0.1, 0.15) is 19.3 Å². The van der Waals surface area contributed by atoms with Crippen LogP contribution in [0.5, 0.6) is 0 Å². The van der Waals surface area contributed by atoms with Crippen LogP contribution < -0.4 is 15.8 Å². The van der Waals surface area contributed by atoms with E-state index >= 15 is 0 Å². The number of sulfonamides is 1. The van der Waals surface area contributed by atoms with Gasteiger partial charge in [-0.25, -0.2) is 8.42 Å². The quantitative estimate of drug-likeness (QED) is 0.758. The largest absolute Gasteiger partial charge is 0.329 e. The molecule has 0 atom stereocenters. The van der Waals surface area contributed by atoms with Crippen molar-refractivity contribution in [3.8, 4) is 0 Å². The van der Waals surface area contributed by atoms with Crippen molar-refractivity contribution >= 4 is 27.3 Å². The number of amides is 1. The van der Waals surface area contributed by atoms with Gasteiger partial charge in [0.1, 0.15) is 0 Å². The minimum atomic E-state index is -3.29. The van der Waals surface area contributed by atoms with E-state index in [1.165, 1.54) is 0 Å². The number of benzene rings is 1. The number of nitrogens with one attached hydrogen (secondary N) is 2. The van der Waals surface area contributed by atoms with E-state index in [0.29, 0.717) is 17.9 Å². The standard InChI is InChI=1S/C13H19N3O3S/c1-20(18,19)16-11-5-3-10(4-6-11)15-12(17)13(9-14)7-2-8-13/h3-6,16H,2,7-9,14H2,1H3,(H,15,17). The van der Waals surface area contributed by atoms with Gasteiger partial charge in [-0.05, 0) is 37.1 Å². The monoisotopic (exact) mass is 297 g/mol. The Hall–Kier alpha value is -1.60. The van der Waals surface area contributed by atoms with E-state index in [0.717, 1.165) is 25.5 Å². The maximum atomic E-state index is 12.2. The SMILES string of the molecule is CS(=O)(=O)Nc1ccc(NC(=O)C2(CN)CCC2)cc1. The lowest BCUT2D eigenvalue weighted by molar-refractivity contribution is -0.129. The zero-order valence-corrected chi connectivity index (χ0v) is 12.2. The molecule has 6 nitrogen and oxygen atoms in total. The summed E-state index contributed by atoms with van der Waals surface area (Å²) in [5.41, 5.74) is 6.35. The Balaban J connectivity index is 2.02. The van der Waals surface area contributed by atoms with Crippen LogP contribution in [0.25, 0.3) is 0 Å². The van der Waals surface area contributed by atoms with Gasteiger partial charge < -0.3 is 11.1 Å². The third-order valence-electron chi connectivity index (χ3n) is 3.63. The molecule has 2 rings (SSSR count). The molecule has 1 saturated carbocycles. The molecule has 0 saturated heterocycles. The first-order valence-corrected chi connectivity index (χ1v) is 8.33. The molecule has 1 aromatic carbocycles. The predicted octanol–water partition coefficient (Wildman–Crippen LogP) is 1.13. The summed E-state index contributed by atoms with van der Waals surface area (Å²) in [6.07, 6.45) is 3.76. The highest BCUT2D eigenvalue weighted by Gasteiger charge is 2.42. The first-order chi connectivity index (χ1) is 9.35. The van der Waals surface area contributed by atoms with Gasteiger partial charge in [0.15, 0.2) is 0 Å². The number of nitrogens with two attached hydrogens (primary N) is 1. The third kappa shape index (κ3) is 3.29. The summed E-state index contributed by atoms with van der Waals surface area (Å²) >= 11 is 0. The number of hydrogen-bond donors (Lipinski definition) is 3. The van der Waals surface area contributed by atoms with Crippen molar-refractivity contribution in [2.24, 2.45) is 11.1 Å². The fourth-order valence-corrected chi connectivity index (χ4v) is 2.79. The third-order valence-corrected chi connectivity index (χ3v) is 4.24. The zero-order chi connectivity index (χ0) is 14.8. The lowest BCUT2D eigenvalue weighted by Gasteiger charge is -2.39. The summed E-state index contributed by atoms with van der Waals surface area (Å²) in [4.78, 5) is 12.2. The van der Waals surface area contributed by atoms with Crippen LogP contribution in [0.15, 0.2) is 24.3 Å². The van der Waals surface area contributed by atoms with Crippen LogP contribution in [-0.4, -0.2) is 27.1 Å². The molecule has 0 bridgehead atoms. The maximum Gasteiger partial charge on any atom is 0.231 e. The van der Waals surface area contributed by atoms with Gasteiger partial charge in [-0.1, -0.05) is 6.42 Å². The highest BCUT2D eigenvalue weighted by Crippen LogP contribution is 2.40. The van der Waals surface area contributed by atoms with Crippen LogP contribution in [-0.2, 0) is 14.8 Å². The van der Waals surface area contributed by atoms with Crippen LogP contribution in [0.3, 0.4) is 0 Å². The molecular weight excluding hydrogens is 278 g/mol. The maximum absolute atomic E-state index is 12.2. The average Bonchev–Trinajstić information content (AvgIpc) is 2.29. The molecule has 0 spiro atoms. The van der Waals surface area contributed by atoms with Gasteiger partial charge in [0.05, 0.1) is 11.7 Å². The molecule has 4 N–H and O–H groups in total. The second-order valence-corrected chi connectivity index (χ2v) is 6.99. The Morgan fingerprint density at radius 3 is 2.20 bits per heavy atom. The van der Waals surface area contributed by atoms with Crippen LogP contribution in [0.2, 0.25) is 0 Å². The Kier molecular flexibility index (Phi) is 4.01. The van der Waals surface area contributed by atoms with E-state index in [1.54, 1.807) is 24.3 Å². The van der Waals surface area contributed by atoms with E-state index < -0.39 is 15.4 Å². The highest BCUT2D eigenvalue weighted by molar-refractivity contribution is 7.92. The molecule has 0 heterocycles. The van der Waals surface area contributed by atoms with Crippen molar-refractivity contribution in [1.82, 2.24) is 0 Å². The molecule has 20 heavy (non-hydrogen) atoms. The summed E-state index contributed by atoms with van der Waals surface area (Å²) in [6.45, 7) is 0.354. The smallest absolute Gasteiger partial charge is 0.231 e. The molecule has 0 aliphatic heterocycles. The second kappa shape index (κ2) is 5.41. The van der Waals surface area contributed by atoms with Crippen LogP contribution >= 0.6 is 0 Å². The minimum Gasteiger partial charge on any atom is -0.329 e. The van der Waals surface area contributed by atoms with Crippen molar-refractivity contribution in [2.75, 3.05) is 22.8 Å². The summed E-state index contributed by atoms with van der Waals surface area (Å²) in [7, 11) is -3.29. The van der Waals surface area contributed by atoms with Gasteiger partial charge in [0.25, 0.3) is 0 Å². The molecule has 0 aromatic heterocycles. The van der Waals surface area contributed by atoms with Crippen molar-refractivity contribution in [2.45, 2.75) is 19.3 Å². The molecule has 0 unspecified atom stereocenters. The molecule has 1 aliphatic rings. The first kappa shape index (κ1) is 14.8. The molecule has 1 aliphatic carbocycles. The van der Waals surface area contributed by atoms with E-state index in [9.17, 15) is 13.2 Å². The van der Waals surface area contributed by atoms with E-state index in [-0.39, 0.29) is 5.91 Å². The fraction of sp³-hybridized carbons (Fsp3) is 0.462. The van der Waals surface area contributed by atoms with Crippen molar-refractivity contribution in [3.05, 3.63) is 24.3 Å². The van der Waals surface area contributed by atoms with Gasteiger partial charge in [0, 0.05) is 17.9 Å². The summed E-state index contributed by atoms with van der Waals surface area (Å²) in [6, 6.07) is 6.53. The van der Waals surface area contributed by atoms with Crippen molar-refractivity contribution < 1.29 is 13.2 Å². The van der Waals surface area contributed by atoms with E-state index in [2.05, 4.69) is 10.0 Å². The molecule has 1 aromatic rings. The Labute approximate surface area is 118 Å². The Bertz CT molecular complexity index is 586. The number of carbonyl (C=O) groups is 1. The Morgan fingerprint density at radius 2 is 1.80 bits per heavy atom. The average molecular weight is 297 g/mol. The molecular formula is C13H19N3O3S. The summed E-state index contributed by atoms with van der Waals surface area (Å²) in [5, 5.41) is 2.83. The van der Waals surface area contributed by atoms with Crippen molar-refractivity contribution in [3.63, 3.8) is 0 Å².